The fraction of sp³-hybridized carbons (Fsp3) is 0.700. The summed E-state index contributed by atoms with van der Waals surface area (Å²) < 4.78 is 5.03. The van der Waals surface area contributed by atoms with Crippen LogP contribution in [-0.4, -0.2) is 23.8 Å². The molecule has 3 nitrogen and oxygen atoms in total. The van der Waals surface area contributed by atoms with Gasteiger partial charge in [-0.3, -0.25) is 4.79 Å². The molecule has 1 aliphatic rings. The van der Waals surface area contributed by atoms with Crippen molar-refractivity contribution in [3.8, 4) is 0 Å². The molecule has 0 saturated carbocycles. The number of cyclic esters (lactones) is 1. The fourth-order valence-electron chi connectivity index (χ4n) is 1.87. The van der Waals surface area contributed by atoms with E-state index in [1.807, 2.05) is 13.8 Å². The first-order chi connectivity index (χ1) is 6.11. The first kappa shape index (κ1) is 10.3. The van der Waals surface area contributed by atoms with Gasteiger partial charge in [-0.25, -0.2) is 0 Å². The van der Waals surface area contributed by atoms with E-state index < -0.39 is 6.10 Å². The topological polar surface area (TPSA) is 46.5 Å². The number of rotatable bonds is 3. The molecule has 1 heterocycles. The van der Waals surface area contributed by atoms with Crippen molar-refractivity contribution in [3.05, 3.63) is 12.7 Å². The molecule has 0 aromatic rings. The second kappa shape index (κ2) is 3.92. The van der Waals surface area contributed by atoms with E-state index in [4.69, 9.17) is 9.84 Å². The highest BCUT2D eigenvalue weighted by atomic mass is 16.6. The standard InChI is InChI=1S/C10H16O3/c1-4-7-8(5-11)13-10(12)9(7)6(2)3/h4,6-9,11H,1,5H2,2-3H3/t7-,8+,9-/m0/s1. The van der Waals surface area contributed by atoms with Crippen LogP contribution in [0, 0.1) is 17.8 Å². The largest absolute Gasteiger partial charge is 0.459 e. The maximum atomic E-state index is 11.4. The summed E-state index contributed by atoms with van der Waals surface area (Å²) in [5, 5.41) is 8.96. The van der Waals surface area contributed by atoms with Crippen LogP contribution in [-0.2, 0) is 9.53 Å². The molecule has 0 bridgehead atoms. The zero-order valence-corrected chi connectivity index (χ0v) is 8.06. The predicted octanol–water partition coefficient (Wildman–Crippen LogP) is 0.978. The minimum absolute atomic E-state index is 0.0440. The van der Waals surface area contributed by atoms with E-state index in [2.05, 4.69) is 6.58 Å². The summed E-state index contributed by atoms with van der Waals surface area (Å²) >= 11 is 0. The Labute approximate surface area is 78.4 Å². The Hall–Kier alpha value is -0.830. The summed E-state index contributed by atoms with van der Waals surface area (Å²) in [6, 6.07) is 0. The molecule has 0 spiro atoms. The molecule has 1 fully saturated rings. The van der Waals surface area contributed by atoms with E-state index in [0.29, 0.717) is 0 Å². The number of carbonyl (C=O) groups is 1. The first-order valence-corrected chi connectivity index (χ1v) is 4.55. The van der Waals surface area contributed by atoms with Gasteiger partial charge in [-0.1, -0.05) is 19.9 Å². The summed E-state index contributed by atoms with van der Waals surface area (Å²) in [6.45, 7) is 7.49. The third-order valence-corrected chi connectivity index (χ3v) is 2.55. The summed E-state index contributed by atoms with van der Waals surface area (Å²) in [7, 11) is 0. The summed E-state index contributed by atoms with van der Waals surface area (Å²) in [4.78, 5) is 11.4. The number of hydrogen-bond donors (Lipinski definition) is 1. The number of carbonyl (C=O) groups excluding carboxylic acids is 1. The van der Waals surface area contributed by atoms with Crippen molar-refractivity contribution in [2.24, 2.45) is 17.8 Å². The van der Waals surface area contributed by atoms with Crippen molar-refractivity contribution >= 4 is 5.97 Å². The lowest BCUT2D eigenvalue weighted by Crippen LogP contribution is -2.24. The Bertz CT molecular complexity index is 210. The van der Waals surface area contributed by atoms with E-state index in [0.717, 1.165) is 0 Å². The van der Waals surface area contributed by atoms with E-state index in [1.54, 1.807) is 6.08 Å². The zero-order chi connectivity index (χ0) is 10.0. The fourth-order valence-corrected chi connectivity index (χ4v) is 1.87. The molecule has 1 aliphatic heterocycles. The molecule has 0 unspecified atom stereocenters. The Kier molecular flexibility index (Phi) is 3.09. The van der Waals surface area contributed by atoms with E-state index in [1.165, 1.54) is 0 Å². The van der Waals surface area contributed by atoms with Gasteiger partial charge in [0.1, 0.15) is 6.10 Å². The Balaban J connectivity index is 2.82. The molecule has 74 valence electrons. The molecule has 0 radical (unpaired) electrons. The van der Waals surface area contributed by atoms with Gasteiger partial charge in [0.05, 0.1) is 12.5 Å². The monoisotopic (exact) mass is 184 g/mol. The van der Waals surface area contributed by atoms with Gasteiger partial charge in [0.15, 0.2) is 0 Å². The minimum Gasteiger partial charge on any atom is -0.459 e. The third-order valence-electron chi connectivity index (χ3n) is 2.55. The van der Waals surface area contributed by atoms with Crippen molar-refractivity contribution < 1.29 is 14.6 Å². The van der Waals surface area contributed by atoms with E-state index in [9.17, 15) is 4.79 Å². The van der Waals surface area contributed by atoms with Crippen LogP contribution >= 0.6 is 0 Å². The van der Waals surface area contributed by atoms with Crippen LogP contribution in [0.2, 0.25) is 0 Å². The van der Waals surface area contributed by atoms with Crippen LogP contribution in [0.25, 0.3) is 0 Å². The SMILES string of the molecule is C=C[C@H]1[C@@H](CO)OC(=O)[C@H]1C(C)C. The molecule has 3 atom stereocenters. The lowest BCUT2D eigenvalue weighted by molar-refractivity contribution is -0.146. The van der Waals surface area contributed by atoms with Crippen molar-refractivity contribution in [3.63, 3.8) is 0 Å². The molecule has 0 aromatic heterocycles. The quantitative estimate of drug-likeness (QED) is 0.525. The van der Waals surface area contributed by atoms with Crippen LogP contribution in [0.1, 0.15) is 13.8 Å². The number of aliphatic hydroxyl groups excluding tert-OH is 1. The van der Waals surface area contributed by atoms with Gasteiger partial charge in [0, 0.05) is 5.92 Å². The Morgan fingerprint density at radius 3 is 2.69 bits per heavy atom. The molecular formula is C10H16O3. The normalized spacial score (nSPS) is 33.5. The minimum atomic E-state index is -0.391. The average molecular weight is 184 g/mol. The Morgan fingerprint density at radius 1 is 1.69 bits per heavy atom. The lowest BCUT2D eigenvalue weighted by atomic mass is 9.83. The molecule has 1 saturated heterocycles. The summed E-state index contributed by atoms with van der Waals surface area (Å²) in [5.74, 6) is -0.168. The van der Waals surface area contributed by atoms with Gasteiger partial charge < -0.3 is 9.84 Å². The van der Waals surface area contributed by atoms with Crippen LogP contribution in [0.5, 0.6) is 0 Å². The maximum absolute atomic E-state index is 11.4. The molecule has 13 heavy (non-hydrogen) atoms. The second-order valence-electron chi connectivity index (χ2n) is 3.74. The predicted molar refractivity (Wildman–Crippen MR) is 49.0 cm³/mol. The smallest absolute Gasteiger partial charge is 0.310 e. The van der Waals surface area contributed by atoms with Gasteiger partial charge in [0.25, 0.3) is 0 Å². The van der Waals surface area contributed by atoms with E-state index in [-0.39, 0.29) is 30.3 Å². The maximum Gasteiger partial charge on any atom is 0.310 e. The van der Waals surface area contributed by atoms with Gasteiger partial charge in [-0.15, -0.1) is 6.58 Å². The first-order valence-electron chi connectivity index (χ1n) is 4.55. The van der Waals surface area contributed by atoms with Crippen molar-refractivity contribution in [1.82, 2.24) is 0 Å². The third kappa shape index (κ3) is 1.75. The van der Waals surface area contributed by atoms with Crippen LogP contribution in [0.15, 0.2) is 12.7 Å². The highest BCUT2D eigenvalue weighted by Crippen LogP contribution is 2.34. The van der Waals surface area contributed by atoms with Crippen LogP contribution < -0.4 is 0 Å². The van der Waals surface area contributed by atoms with Gasteiger partial charge in [-0.2, -0.15) is 0 Å². The van der Waals surface area contributed by atoms with Crippen molar-refractivity contribution in [2.75, 3.05) is 6.61 Å². The van der Waals surface area contributed by atoms with Crippen LogP contribution in [0.4, 0.5) is 0 Å². The molecule has 0 amide bonds. The van der Waals surface area contributed by atoms with Crippen molar-refractivity contribution in [1.29, 1.82) is 0 Å². The van der Waals surface area contributed by atoms with Crippen LogP contribution in [0.3, 0.4) is 0 Å². The van der Waals surface area contributed by atoms with Crippen molar-refractivity contribution in [2.45, 2.75) is 20.0 Å². The summed E-state index contributed by atoms with van der Waals surface area (Å²) in [5.41, 5.74) is 0. The second-order valence-corrected chi connectivity index (χ2v) is 3.74. The number of hydrogen-bond acceptors (Lipinski definition) is 3. The molecule has 0 aromatic carbocycles. The molecule has 0 aliphatic carbocycles. The Morgan fingerprint density at radius 2 is 2.31 bits per heavy atom. The highest BCUT2D eigenvalue weighted by molar-refractivity contribution is 5.76. The molecule has 3 heteroatoms. The van der Waals surface area contributed by atoms with Gasteiger partial charge in [-0.05, 0) is 5.92 Å². The number of esters is 1. The zero-order valence-electron chi connectivity index (χ0n) is 8.06. The molecule has 1 rings (SSSR count). The van der Waals surface area contributed by atoms with E-state index >= 15 is 0 Å². The van der Waals surface area contributed by atoms with Gasteiger partial charge in [0.2, 0.25) is 0 Å². The number of ether oxygens (including phenoxy) is 1. The summed E-state index contributed by atoms with van der Waals surface area (Å²) in [6.07, 6.45) is 1.31. The lowest BCUT2D eigenvalue weighted by Gasteiger charge is -2.17. The number of aliphatic hydroxyl groups is 1. The average Bonchev–Trinajstić information content (AvgIpc) is 2.41. The van der Waals surface area contributed by atoms with Gasteiger partial charge >= 0.3 is 5.97 Å². The molecule has 1 N–H and O–H groups in total. The highest BCUT2D eigenvalue weighted by Gasteiger charge is 2.43. The molecular weight excluding hydrogens is 168 g/mol.